The van der Waals surface area contributed by atoms with E-state index in [1.54, 1.807) is 60.7 Å². The Morgan fingerprint density at radius 2 is 1.74 bits per heavy atom. The zero-order valence-electron chi connectivity index (χ0n) is 20.9. The number of imide groups is 1. The summed E-state index contributed by atoms with van der Waals surface area (Å²) >= 11 is 14.3. The molecule has 1 aliphatic carbocycles. The highest BCUT2D eigenvalue weighted by Gasteiger charge is 2.75. The van der Waals surface area contributed by atoms with Crippen LogP contribution in [0.25, 0.3) is 5.69 Å². The third kappa shape index (κ3) is 3.14. The lowest BCUT2D eigenvalue weighted by Gasteiger charge is -2.49. The molecular weight excluding hydrogens is 543 g/mol. The van der Waals surface area contributed by atoms with Crippen LogP contribution in [0.15, 0.2) is 82.4 Å². The summed E-state index contributed by atoms with van der Waals surface area (Å²) in [6, 6.07) is 12.7. The number of nitrogens with zero attached hydrogens (tertiary/aromatic N) is 4. The molecule has 6 rings (SSSR count). The Hall–Kier alpha value is -3.82. The molecule has 1 saturated carbocycles. The zero-order chi connectivity index (χ0) is 27.9. The molecule has 200 valence electrons. The van der Waals surface area contributed by atoms with Crippen molar-refractivity contribution in [2.24, 2.45) is 0 Å². The molecule has 3 aromatic rings. The van der Waals surface area contributed by atoms with Gasteiger partial charge in [0.05, 0.1) is 18.3 Å². The van der Waals surface area contributed by atoms with Crippen molar-refractivity contribution in [2.75, 3.05) is 7.05 Å². The van der Waals surface area contributed by atoms with Gasteiger partial charge in [0.25, 0.3) is 11.8 Å². The van der Waals surface area contributed by atoms with Gasteiger partial charge < -0.3 is 5.11 Å². The fraction of sp³-hybridized carbons (Fsp3) is 0.286. The van der Waals surface area contributed by atoms with E-state index in [1.165, 1.54) is 16.4 Å². The molecular formula is C28H24Cl2N4O5. The average molecular weight is 567 g/mol. The van der Waals surface area contributed by atoms with Crippen molar-refractivity contribution in [1.29, 1.82) is 0 Å². The van der Waals surface area contributed by atoms with E-state index in [0.717, 1.165) is 9.47 Å². The van der Waals surface area contributed by atoms with E-state index in [-0.39, 0.29) is 18.7 Å². The van der Waals surface area contributed by atoms with E-state index in [9.17, 15) is 24.3 Å². The van der Waals surface area contributed by atoms with Crippen molar-refractivity contribution >= 4 is 35.0 Å². The maximum atomic E-state index is 13.8. The second-order valence-corrected chi connectivity index (χ2v) is 11.3. The Balaban J connectivity index is 1.63. The predicted molar refractivity (Wildman–Crippen MR) is 146 cm³/mol. The lowest BCUT2D eigenvalue weighted by Crippen LogP contribution is -2.59. The van der Waals surface area contributed by atoms with Crippen molar-refractivity contribution in [3.63, 3.8) is 0 Å². The third-order valence-corrected chi connectivity index (χ3v) is 9.54. The maximum absolute atomic E-state index is 13.8. The van der Waals surface area contributed by atoms with Crippen LogP contribution in [0.2, 0.25) is 0 Å². The van der Waals surface area contributed by atoms with Crippen molar-refractivity contribution in [1.82, 2.24) is 18.8 Å². The van der Waals surface area contributed by atoms with Gasteiger partial charge in [0.1, 0.15) is 5.75 Å². The number of carbonyl (C=O) groups excluding carboxylic acids is 2. The van der Waals surface area contributed by atoms with Gasteiger partial charge in [0.2, 0.25) is 0 Å². The first-order valence-electron chi connectivity index (χ1n) is 12.4. The quantitative estimate of drug-likeness (QED) is 0.297. The van der Waals surface area contributed by atoms with Crippen LogP contribution in [0.5, 0.6) is 5.75 Å². The number of fused-ring (bicyclic) bond motifs is 4. The molecule has 1 saturated heterocycles. The van der Waals surface area contributed by atoms with Crippen LogP contribution >= 0.6 is 23.2 Å². The van der Waals surface area contributed by atoms with Gasteiger partial charge in [0.15, 0.2) is 9.75 Å². The highest BCUT2D eigenvalue weighted by Crippen LogP contribution is 2.64. The Bertz CT molecular complexity index is 1720. The van der Waals surface area contributed by atoms with Crippen LogP contribution < -0.4 is 11.4 Å². The minimum Gasteiger partial charge on any atom is -0.507 e. The number of aromatic nitrogens is 3. The van der Waals surface area contributed by atoms with Crippen LogP contribution in [0, 0.1) is 0 Å². The van der Waals surface area contributed by atoms with Crippen molar-refractivity contribution < 1.29 is 14.7 Å². The lowest BCUT2D eigenvalue weighted by molar-refractivity contribution is -0.137. The third-order valence-electron chi connectivity index (χ3n) is 8.12. The summed E-state index contributed by atoms with van der Waals surface area (Å²) in [6.45, 7) is 3.75. The molecule has 4 atom stereocenters. The average Bonchev–Trinajstić information content (AvgIpc) is 3.26. The highest BCUT2D eigenvalue weighted by atomic mass is 35.5. The fourth-order valence-corrected chi connectivity index (χ4v) is 7.31. The van der Waals surface area contributed by atoms with Gasteiger partial charge in [-0.15, -0.1) is 29.8 Å². The largest absolute Gasteiger partial charge is 0.507 e. The monoisotopic (exact) mass is 566 g/mol. The molecule has 1 aromatic heterocycles. The number of hydrogen-bond acceptors (Lipinski definition) is 5. The molecule has 0 radical (unpaired) electrons. The van der Waals surface area contributed by atoms with Crippen molar-refractivity contribution in [2.45, 2.75) is 41.1 Å². The number of hydrogen-bond donors (Lipinski definition) is 1. The van der Waals surface area contributed by atoms with Gasteiger partial charge in [0, 0.05) is 24.9 Å². The van der Waals surface area contributed by atoms with Gasteiger partial charge in [-0.1, -0.05) is 48.6 Å². The second-order valence-electron chi connectivity index (χ2n) is 10.0. The minimum atomic E-state index is -1.99. The number of rotatable bonds is 4. The van der Waals surface area contributed by atoms with Gasteiger partial charge >= 0.3 is 11.4 Å². The van der Waals surface area contributed by atoms with Crippen molar-refractivity contribution in [3.05, 3.63) is 105 Å². The highest BCUT2D eigenvalue weighted by molar-refractivity contribution is 6.53. The predicted octanol–water partition coefficient (Wildman–Crippen LogP) is 2.86. The van der Waals surface area contributed by atoms with Crippen LogP contribution in [0.3, 0.4) is 0 Å². The first kappa shape index (κ1) is 25.5. The van der Waals surface area contributed by atoms with E-state index in [1.807, 2.05) is 0 Å². The van der Waals surface area contributed by atoms with E-state index in [4.69, 9.17) is 23.2 Å². The van der Waals surface area contributed by atoms with E-state index < -0.39 is 44.9 Å². The van der Waals surface area contributed by atoms with E-state index in [0.29, 0.717) is 28.8 Å². The zero-order valence-corrected chi connectivity index (χ0v) is 22.4. The summed E-state index contributed by atoms with van der Waals surface area (Å²) in [6.07, 6.45) is 3.51. The standard InChI is InChI=1S/C28H24Cl2N4O5/c1-3-8-16-9-7-12-19(22(16)35)21-18-13-14-32-25(38)33(17-10-5-4-6-11-17)26(39)34(32)20(18)15-27(29)23(36)31(2)24(37)28(21,27)30/h3-7,9-13,20-21,35H,1,8,14-15H2,2H3/t20-,21-,27-,28+/m1/s1. The number of phenols is 1. The van der Waals surface area contributed by atoms with Gasteiger partial charge in [-0.2, -0.15) is 0 Å². The van der Waals surface area contributed by atoms with E-state index in [2.05, 4.69) is 6.58 Å². The lowest BCUT2D eigenvalue weighted by atomic mass is 9.64. The molecule has 2 fully saturated rings. The number of phenolic OH excluding ortho intramolecular Hbond substituents is 1. The molecule has 0 bridgehead atoms. The fourth-order valence-electron chi connectivity index (χ4n) is 6.31. The molecule has 11 heteroatoms. The molecule has 2 aliphatic heterocycles. The van der Waals surface area contributed by atoms with Crippen LogP contribution in [0.4, 0.5) is 0 Å². The Labute approximate surface area is 232 Å². The first-order valence-corrected chi connectivity index (χ1v) is 13.1. The number of allylic oxidation sites excluding steroid dienone is 3. The number of para-hydroxylation sites is 2. The summed E-state index contributed by atoms with van der Waals surface area (Å²) in [5.74, 6) is -2.57. The molecule has 0 spiro atoms. The topological polar surface area (TPSA) is 107 Å². The van der Waals surface area contributed by atoms with Crippen LogP contribution in [-0.4, -0.2) is 52.5 Å². The SMILES string of the molecule is C=CCc1cccc([C@H]2C3=CCn4c(=O)n(-c5ccccc5)c(=O)n4[C@@H]3C[C@@]3(Cl)C(=O)N(C)C(=O)[C@@]23Cl)c1O. The Morgan fingerprint density at radius 1 is 1.03 bits per heavy atom. The molecule has 0 unspecified atom stereocenters. The summed E-state index contributed by atoms with van der Waals surface area (Å²) < 4.78 is 3.64. The first-order chi connectivity index (χ1) is 18.6. The number of benzene rings is 2. The Morgan fingerprint density at radius 3 is 2.44 bits per heavy atom. The van der Waals surface area contributed by atoms with Crippen molar-refractivity contribution in [3.8, 4) is 11.4 Å². The molecule has 1 N–H and O–H groups in total. The molecule has 39 heavy (non-hydrogen) atoms. The molecule has 3 aliphatic rings. The Kier molecular flexibility index (Phi) is 5.61. The van der Waals surface area contributed by atoms with Crippen LogP contribution in [0.1, 0.15) is 29.5 Å². The number of amides is 2. The number of aromatic hydroxyl groups is 1. The molecule has 3 heterocycles. The summed E-state index contributed by atoms with van der Waals surface area (Å²) in [7, 11) is 1.31. The van der Waals surface area contributed by atoms with Gasteiger partial charge in [-0.3, -0.25) is 14.5 Å². The minimum absolute atomic E-state index is 0.0174. The van der Waals surface area contributed by atoms with Gasteiger partial charge in [-0.05, 0) is 29.7 Å². The summed E-state index contributed by atoms with van der Waals surface area (Å²) in [5.41, 5.74) is 0.605. The summed E-state index contributed by atoms with van der Waals surface area (Å²) in [5, 5.41) is 11.3. The number of likely N-dealkylation sites (tertiary alicyclic amines) is 1. The molecule has 2 aromatic carbocycles. The number of carbonyl (C=O) groups is 2. The molecule has 2 amide bonds. The number of halogens is 2. The van der Waals surface area contributed by atoms with Gasteiger partial charge in [-0.25, -0.2) is 23.5 Å². The maximum Gasteiger partial charge on any atom is 0.352 e. The number of alkyl halides is 2. The smallest absolute Gasteiger partial charge is 0.352 e. The second kappa shape index (κ2) is 8.59. The normalized spacial score (nSPS) is 27.6. The molecule has 9 nitrogen and oxygen atoms in total. The van der Waals surface area contributed by atoms with E-state index >= 15 is 0 Å². The van der Waals surface area contributed by atoms with Crippen LogP contribution in [-0.2, 0) is 22.6 Å². The summed E-state index contributed by atoms with van der Waals surface area (Å²) in [4.78, 5) is 51.3.